The van der Waals surface area contributed by atoms with Crippen LogP contribution in [0.1, 0.15) is 24.2 Å². The Labute approximate surface area is 150 Å². The molecule has 0 unspecified atom stereocenters. The van der Waals surface area contributed by atoms with Gasteiger partial charge in [0.25, 0.3) is 0 Å². The van der Waals surface area contributed by atoms with Crippen molar-refractivity contribution in [3.8, 4) is 5.75 Å². The number of aromatic nitrogens is 1. The maximum Gasteiger partial charge on any atom is 0.341 e. The average molecular weight is 354 g/mol. The summed E-state index contributed by atoms with van der Waals surface area (Å²) in [5, 5.41) is 3.90. The van der Waals surface area contributed by atoms with Gasteiger partial charge in [-0.2, -0.15) is 0 Å². The van der Waals surface area contributed by atoms with E-state index in [4.69, 9.17) is 9.47 Å². The summed E-state index contributed by atoms with van der Waals surface area (Å²) < 4.78 is 23.9. The lowest BCUT2D eigenvalue weighted by atomic mass is 10.1. The summed E-state index contributed by atoms with van der Waals surface area (Å²) in [6.45, 7) is 4.42. The summed E-state index contributed by atoms with van der Waals surface area (Å²) in [6, 6.07) is 11.4. The third-order valence-corrected chi connectivity index (χ3v) is 3.76. The second-order valence-electron chi connectivity index (χ2n) is 5.51. The molecule has 0 amide bonds. The molecule has 0 bridgehead atoms. The van der Waals surface area contributed by atoms with Gasteiger partial charge in [0, 0.05) is 17.3 Å². The van der Waals surface area contributed by atoms with Crippen molar-refractivity contribution in [2.45, 2.75) is 13.8 Å². The molecule has 26 heavy (non-hydrogen) atoms. The zero-order chi connectivity index (χ0) is 18.5. The molecule has 0 atom stereocenters. The van der Waals surface area contributed by atoms with E-state index in [0.717, 1.165) is 0 Å². The van der Waals surface area contributed by atoms with E-state index in [1.807, 2.05) is 25.1 Å². The fraction of sp³-hybridized carbons (Fsp3) is 0.200. The van der Waals surface area contributed by atoms with Gasteiger partial charge in [-0.25, -0.2) is 9.18 Å². The van der Waals surface area contributed by atoms with Crippen molar-refractivity contribution in [3.05, 3.63) is 60.0 Å². The molecule has 6 heteroatoms. The number of ether oxygens (including phenoxy) is 2. The molecule has 0 fully saturated rings. The second kappa shape index (κ2) is 7.82. The number of pyridine rings is 1. The topological polar surface area (TPSA) is 60.5 Å². The minimum atomic E-state index is -0.478. The zero-order valence-electron chi connectivity index (χ0n) is 14.6. The molecule has 0 saturated heterocycles. The largest absolute Gasteiger partial charge is 0.494 e. The molecule has 1 aromatic heterocycles. The number of hydrogen-bond acceptors (Lipinski definition) is 5. The van der Waals surface area contributed by atoms with Gasteiger partial charge in [0.2, 0.25) is 0 Å². The number of benzene rings is 2. The number of fused-ring (bicyclic) bond motifs is 1. The zero-order valence-corrected chi connectivity index (χ0v) is 14.6. The number of anilines is 2. The van der Waals surface area contributed by atoms with Gasteiger partial charge in [-0.1, -0.05) is 0 Å². The number of rotatable bonds is 6. The van der Waals surface area contributed by atoms with Crippen molar-refractivity contribution < 1.29 is 18.7 Å². The number of hydrogen-bond donors (Lipinski definition) is 1. The SMILES string of the molecule is CCOC(=O)c1cnc2ccc(OCC)cc2c1Nc1ccc(F)cc1. The summed E-state index contributed by atoms with van der Waals surface area (Å²) in [5.41, 5.74) is 2.19. The first kappa shape index (κ1) is 17.7. The highest BCUT2D eigenvalue weighted by Crippen LogP contribution is 2.32. The van der Waals surface area contributed by atoms with E-state index in [-0.39, 0.29) is 12.4 Å². The quantitative estimate of drug-likeness (QED) is 0.651. The Bertz CT molecular complexity index is 926. The highest BCUT2D eigenvalue weighted by molar-refractivity contribution is 6.06. The van der Waals surface area contributed by atoms with Crippen LogP contribution in [0, 0.1) is 5.82 Å². The maximum atomic E-state index is 13.2. The molecular formula is C20H19FN2O3. The van der Waals surface area contributed by atoms with Gasteiger partial charge in [0.1, 0.15) is 17.1 Å². The molecule has 2 aromatic carbocycles. The minimum Gasteiger partial charge on any atom is -0.494 e. The van der Waals surface area contributed by atoms with Crippen molar-refractivity contribution in [2.24, 2.45) is 0 Å². The lowest BCUT2D eigenvalue weighted by Crippen LogP contribution is -2.09. The van der Waals surface area contributed by atoms with Crippen LogP contribution in [0.15, 0.2) is 48.7 Å². The van der Waals surface area contributed by atoms with E-state index >= 15 is 0 Å². The third-order valence-electron chi connectivity index (χ3n) is 3.76. The van der Waals surface area contributed by atoms with Gasteiger partial charge in [-0.15, -0.1) is 0 Å². The smallest absolute Gasteiger partial charge is 0.341 e. The fourth-order valence-electron chi connectivity index (χ4n) is 2.60. The lowest BCUT2D eigenvalue weighted by molar-refractivity contribution is 0.0527. The lowest BCUT2D eigenvalue weighted by Gasteiger charge is -2.15. The number of carbonyl (C=O) groups excluding carboxylic acids is 1. The van der Waals surface area contributed by atoms with Crippen LogP contribution in [0.4, 0.5) is 15.8 Å². The Morgan fingerprint density at radius 2 is 1.88 bits per heavy atom. The second-order valence-corrected chi connectivity index (χ2v) is 5.51. The van der Waals surface area contributed by atoms with Crippen LogP contribution in [0.5, 0.6) is 5.75 Å². The van der Waals surface area contributed by atoms with Crippen LogP contribution in [-0.4, -0.2) is 24.2 Å². The molecule has 3 rings (SSSR count). The van der Waals surface area contributed by atoms with Crippen LogP contribution < -0.4 is 10.1 Å². The van der Waals surface area contributed by atoms with Gasteiger partial charge in [-0.3, -0.25) is 4.98 Å². The van der Waals surface area contributed by atoms with Gasteiger partial charge in [0.05, 0.1) is 24.4 Å². The van der Waals surface area contributed by atoms with Crippen molar-refractivity contribution >= 4 is 28.2 Å². The highest BCUT2D eigenvalue weighted by atomic mass is 19.1. The Kier molecular flexibility index (Phi) is 5.31. The van der Waals surface area contributed by atoms with Crippen molar-refractivity contribution in [3.63, 3.8) is 0 Å². The Morgan fingerprint density at radius 1 is 1.12 bits per heavy atom. The van der Waals surface area contributed by atoms with Crippen molar-refractivity contribution in [1.82, 2.24) is 4.98 Å². The standard InChI is InChI=1S/C20H19FN2O3/c1-3-25-15-9-10-18-16(11-15)19(17(12-22-18)20(24)26-4-2)23-14-7-5-13(21)6-8-14/h5-12H,3-4H2,1-2H3,(H,22,23). The maximum absolute atomic E-state index is 13.2. The normalized spacial score (nSPS) is 10.6. The molecule has 0 aliphatic carbocycles. The Balaban J connectivity index is 2.15. The monoisotopic (exact) mass is 354 g/mol. The first-order valence-corrected chi connectivity index (χ1v) is 8.37. The van der Waals surface area contributed by atoms with Gasteiger partial charge < -0.3 is 14.8 Å². The number of esters is 1. The molecular weight excluding hydrogens is 335 g/mol. The predicted octanol–water partition coefficient (Wildman–Crippen LogP) is 4.69. The van der Waals surface area contributed by atoms with Gasteiger partial charge in [-0.05, 0) is 56.3 Å². The highest BCUT2D eigenvalue weighted by Gasteiger charge is 2.17. The summed E-state index contributed by atoms with van der Waals surface area (Å²) in [4.78, 5) is 16.7. The molecule has 1 heterocycles. The van der Waals surface area contributed by atoms with Crippen molar-refractivity contribution in [2.75, 3.05) is 18.5 Å². The first-order valence-electron chi connectivity index (χ1n) is 8.37. The Hall–Kier alpha value is -3.15. The average Bonchev–Trinajstić information content (AvgIpc) is 2.64. The van der Waals surface area contributed by atoms with Crippen LogP contribution in [0.2, 0.25) is 0 Å². The number of nitrogens with zero attached hydrogens (tertiary/aromatic N) is 1. The van der Waals surface area contributed by atoms with Gasteiger partial charge in [0.15, 0.2) is 0 Å². The third kappa shape index (κ3) is 3.74. The summed E-state index contributed by atoms with van der Waals surface area (Å²) in [7, 11) is 0. The molecule has 5 nitrogen and oxygen atoms in total. The molecule has 1 N–H and O–H groups in total. The molecule has 0 spiro atoms. The van der Waals surface area contributed by atoms with Crippen LogP contribution in [0.25, 0.3) is 10.9 Å². The van der Waals surface area contributed by atoms with E-state index in [1.54, 1.807) is 19.1 Å². The van der Waals surface area contributed by atoms with E-state index in [2.05, 4.69) is 10.3 Å². The molecule has 0 saturated carbocycles. The van der Waals surface area contributed by atoms with Crippen LogP contribution in [-0.2, 0) is 4.74 Å². The summed E-state index contributed by atoms with van der Waals surface area (Å²) in [5.74, 6) is -0.141. The summed E-state index contributed by atoms with van der Waals surface area (Å²) >= 11 is 0. The van der Waals surface area contributed by atoms with Crippen molar-refractivity contribution in [1.29, 1.82) is 0 Å². The molecule has 0 aliphatic rings. The molecule has 0 radical (unpaired) electrons. The molecule has 134 valence electrons. The first-order chi connectivity index (χ1) is 12.6. The molecule has 3 aromatic rings. The van der Waals surface area contributed by atoms with E-state index < -0.39 is 5.97 Å². The van der Waals surface area contributed by atoms with E-state index in [1.165, 1.54) is 18.3 Å². The minimum absolute atomic E-state index is 0.256. The predicted molar refractivity (Wildman–Crippen MR) is 98.6 cm³/mol. The van der Waals surface area contributed by atoms with Crippen LogP contribution >= 0.6 is 0 Å². The number of nitrogens with one attached hydrogen (secondary N) is 1. The number of carbonyl (C=O) groups is 1. The summed E-state index contributed by atoms with van der Waals surface area (Å²) in [6.07, 6.45) is 1.48. The van der Waals surface area contributed by atoms with Gasteiger partial charge >= 0.3 is 5.97 Å². The van der Waals surface area contributed by atoms with E-state index in [0.29, 0.717) is 40.2 Å². The van der Waals surface area contributed by atoms with Crippen LogP contribution in [0.3, 0.4) is 0 Å². The Morgan fingerprint density at radius 3 is 2.58 bits per heavy atom. The molecule has 0 aliphatic heterocycles. The fourth-order valence-corrected chi connectivity index (χ4v) is 2.60. The number of halogens is 1. The van der Waals surface area contributed by atoms with E-state index in [9.17, 15) is 9.18 Å².